The molecule has 1 nitrogen and oxygen atoms in total. The zero-order valence-corrected chi connectivity index (χ0v) is 8.81. The fourth-order valence-electron chi connectivity index (χ4n) is 1.45. The molecule has 1 unspecified atom stereocenters. The van der Waals surface area contributed by atoms with E-state index < -0.39 is 0 Å². The molecule has 0 aromatic heterocycles. The summed E-state index contributed by atoms with van der Waals surface area (Å²) in [6, 6.07) is 0. The highest BCUT2D eigenvalue weighted by Crippen LogP contribution is 2.16. The quantitative estimate of drug-likeness (QED) is 0.557. The summed E-state index contributed by atoms with van der Waals surface area (Å²) in [6.07, 6.45) is 5.96. The molecular weight excluding hydrogens is 148 g/mol. The van der Waals surface area contributed by atoms with Gasteiger partial charge in [-0.1, -0.05) is 40.0 Å². The van der Waals surface area contributed by atoms with E-state index in [0.717, 1.165) is 24.7 Å². The second-order valence-electron chi connectivity index (χ2n) is 4.28. The summed E-state index contributed by atoms with van der Waals surface area (Å²) in [7, 11) is 0. The van der Waals surface area contributed by atoms with Crippen molar-refractivity contribution in [1.29, 1.82) is 0 Å². The molecule has 12 heavy (non-hydrogen) atoms. The second kappa shape index (κ2) is 7.60. The monoisotopic (exact) mass is 171 g/mol. The summed E-state index contributed by atoms with van der Waals surface area (Å²) < 4.78 is 0. The molecule has 0 bridgehead atoms. The van der Waals surface area contributed by atoms with Crippen LogP contribution in [0.5, 0.6) is 0 Å². The van der Waals surface area contributed by atoms with Crippen LogP contribution in [0.3, 0.4) is 0 Å². The maximum Gasteiger partial charge on any atom is 0.0822 e. The number of hydrogen-bond acceptors (Lipinski definition) is 0. The third-order valence-corrected chi connectivity index (χ3v) is 2.32. The highest BCUT2D eigenvalue weighted by atomic mass is 16.2. The van der Waals surface area contributed by atoms with Crippen molar-refractivity contribution in [3.05, 3.63) is 0 Å². The van der Waals surface area contributed by atoms with E-state index in [4.69, 9.17) is 0 Å². The van der Waals surface area contributed by atoms with Crippen molar-refractivity contribution in [2.24, 2.45) is 11.8 Å². The predicted octanol–water partition coefficient (Wildman–Crippen LogP) is 3.66. The van der Waals surface area contributed by atoms with Gasteiger partial charge in [0.15, 0.2) is 0 Å². The minimum absolute atomic E-state index is 0.106. The molecule has 73 valence electrons. The molecule has 0 saturated heterocycles. The Hall–Kier alpha value is -0.0400. The van der Waals surface area contributed by atoms with E-state index >= 15 is 0 Å². The van der Waals surface area contributed by atoms with Crippen LogP contribution >= 0.6 is 0 Å². The maximum absolute atomic E-state index is 10.2. The Balaban J connectivity index is 3.13. The van der Waals surface area contributed by atoms with Crippen LogP contribution in [-0.2, 0) is 5.11 Å². The lowest BCUT2D eigenvalue weighted by atomic mass is 9.96. The molecule has 0 aliphatic rings. The average molecular weight is 171 g/mol. The van der Waals surface area contributed by atoms with Crippen LogP contribution in [0.25, 0.3) is 0 Å². The third kappa shape index (κ3) is 8.06. The van der Waals surface area contributed by atoms with Crippen molar-refractivity contribution in [2.45, 2.75) is 52.9 Å². The summed E-state index contributed by atoms with van der Waals surface area (Å²) in [5.74, 6) is 1.59. The molecule has 0 aliphatic carbocycles. The average Bonchev–Trinajstić information content (AvgIpc) is 2.00. The van der Waals surface area contributed by atoms with Gasteiger partial charge >= 0.3 is 0 Å². The van der Waals surface area contributed by atoms with Gasteiger partial charge in [-0.25, -0.2) is 5.11 Å². The molecule has 1 radical (unpaired) electrons. The Morgan fingerprint density at radius 2 is 1.50 bits per heavy atom. The lowest BCUT2D eigenvalue weighted by molar-refractivity contribution is 0.180. The van der Waals surface area contributed by atoms with E-state index in [1.165, 1.54) is 19.3 Å². The van der Waals surface area contributed by atoms with Crippen molar-refractivity contribution >= 4 is 0 Å². The van der Waals surface area contributed by atoms with Crippen LogP contribution in [0.2, 0.25) is 0 Å². The Bertz CT molecular complexity index is 89.0. The smallest absolute Gasteiger partial charge is 0.0822 e. The molecule has 0 N–H and O–H groups in total. The van der Waals surface area contributed by atoms with Crippen LogP contribution < -0.4 is 0 Å². The Morgan fingerprint density at radius 3 is 2.00 bits per heavy atom. The number of hydrogen-bond donors (Lipinski definition) is 0. The van der Waals surface area contributed by atoms with Gasteiger partial charge in [-0.05, 0) is 24.7 Å². The van der Waals surface area contributed by atoms with E-state index in [1.807, 2.05) is 0 Å². The van der Waals surface area contributed by atoms with Crippen molar-refractivity contribution in [2.75, 3.05) is 6.61 Å². The standard InChI is InChI=1S/C11H23O/c1-10(2)6-4-7-11(3)8-5-9-12/h10-11H,4-9H2,1-3H3. The molecule has 0 heterocycles. The van der Waals surface area contributed by atoms with Gasteiger partial charge < -0.3 is 0 Å². The van der Waals surface area contributed by atoms with Crippen LogP contribution in [0.1, 0.15) is 52.9 Å². The fraction of sp³-hybridized carbons (Fsp3) is 1.00. The van der Waals surface area contributed by atoms with Gasteiger partial charge in [-0.3, -0.25) is 0 Å². The third-order valence-electron chi connectivity index (χ3n) is 2.32. The van der Waals surface area contributed by atoms with Crippen molar-refractivity contribution in [3.63, 3.8) is 0 Å². The van der Waals surface area contributed by atoms with E-state index in [2.05, 4.69) is 20.8 Å². The normalized spacial score (nSPS) is 13.8. The van der Waals surface area contributed by atoms with E-state index in [0.29, 0.717) is 0 Å². The minimum Gasteiger partial charge on any atom is -0.237 e. The van der Waals surface area contributed by atoms with E-state index in [-0.39, 0.29) is 6.61 Å². The van der Waals surface area contributed by atoms with Gasteiger partial charge in [0.1, 0.15) is 0 Å². The molecule has 0 spiro atoms. The molecule has 1 heteroatoms. The topological polar surface area (TPSA) is 19.9 Å². The molecule has 0 aliphatic heterocycles. The van der Waals surface area contributed by atoms with Crippen LogP contribution in [-0.4, -0.2) is 6.61 Å². The van der Waals surface area contributed by atoms with Gasteiger partial charge in [0.05, 0.1) is 6.61 Å². The first kappa shape index (κ1) is 12.0. The minimum atomic E-state index is 0.106. The molecule has 1 atom stereocenters. The lowest BCUT2D eigenvalue weighted by Crippen LogP contribution is -1.97. The lowest BCUT2D eigenvalue weighted by Gasteiger charge is -2.10. The van der Waals surface area contributed by atoms with Crippen molar-refractivity contribution < 1.29 is 5.11 Å². The van der Waals surface area contributed by atoms with Gasteiger partial charge in [-0.2, -0.15) is 0 Å². The predicted molar refractivity (Wildman–Crippen MR) is 52.6 cm³/mol. The maximum atomic E-state index is 10.2. The summed E-state index contributed by atoms with van der Waals surface area (Å²) in [5.41, 5.74) is 0. The molecule has 0 amide bonds. The molecule has 0 fully saturated rings. The van der Waals surface area contributed by atoms with Gasteiger partial charge in [-0.15, -0.1) is 0 Å². The zero-order valence-electron chi connectivity index (χ0n) is 8.81. The summed E-state index contributed by atoms with van der Waals surface area (Å²) in [6.45, 7) is 6.90. The van der Waals surface area contributed by atoms with E-state index in [1.54, 1.807) is 0 Å². The molecular formula is C11H23O. The first-order chi connectivity index (χ1) is 5.66. The zero-order chi connectivity index (χ0) is 9.40. The Labute approximate surface area is 77.2 Å². The van der Waals surface area contributed by atoms with E-state index in [9.17, 15) is 5.11 Å². The first-order valence-corrected chi connectivity index (χ1v) is 5.25. The Kier molecular flexibility index (Phi) is 7.58. The van der Waals surface area contributed by atoms with Gasteiger partial charge in [0.25, 0.3) is 0 Å². The van der Waals surface area contributed by atoms with Crippen LogP contribution in [0.15, 0.2) is 0 Å². The van der Waals surface area contributed by atoms with Crippen molar-refractivity contribution in [3.8, 4) is 0 Å². The second-order valence-corrected chi connectivity index (χ2v) is 4.28. The molecule has 0 aromatic carbocycles. The van der Waals surface area contributed by atoms with Crippen LogP contribution in [0.4, 0.5) is 0 Å². The molecule has 0 aromatic rings. The SMILES string of the molecule is CC(C)CCCC(C)CCC[O]. The molecule has 0 saturated carbocycles. The fourth-order valence-corrected chi connectivity index (χ4v) is 1.45. The highest BCUT2D eigenvalue weighted by molar-refractivity contribution is 4.55. The molecule has 0 rings (SSSR count). The highest BCUT2D eigenvalue weighted by Gasteiger charge is 2.02. The Morgan fingerprint density at radius 1 is 0.917 bits per heavy atom. The van der Waals surface area contributed by atoms with Crippen molar-refractivity contribution in [1.82, 2.24) is 0 Å². The van der Waals surface area contributed by atoms with Crippen LogP contribution in [0, 0.1) is 11.8 Å². The summed E-state index contributed by atoms with van der Waals surface area (Å²) in [4.78, 5) is 0. The first-order valence-electron chi connectivity index (χ1n) is 5.25. The number of rotatable bonds is 7. The summed E-state index contributed by atoms with van der Waals surface area (Å²) >= 11 is 0. The van der Waals surface area contributed by atoms with Gasteiger partial charge in [0, 0.05) is 0 Å². The van der Waals surface area contributed by atoms with Gasteiger partial charge in [0.2, 0.25) is 0 Å². The largest absolute Gasteiger partial charge is 0.237 e. The summed E-state index contributed by atoms with van der Waals surface area (Å²) in [5, 5.41) is 10.2.